The summed E-state index contributed by atoms with van der Waals surface area (Å²) in [5.41, 5.74) is 0. The summed E-state index contributed by atoms with van der Waals surface area (Å²) in [5, 5.41) is 8.17. The number of esters is 1. The van der Waals surface area contributed by atoms with Gasteiger partial charge < -0.3 is 9.84 Å². The molecule has 1 N–H and O–H groups in total. The van der Waals surface area contributed by atoms with E-state index in [0.717, 1.165) is 0 Å². The van der Waals surface area contributed by atoms with Crippen LogP contribution in [0.15, 0.2) is 0 Å². The van der Waals surface area contributed by atoms with Crippen LogP contribution in [-0.2, 0) is 9.53 Å². The van der Waals surface area contributed by atoms with Gasteiger partial charge >= 0.3 is 18.2 Å². The second-order valence-electron chi connectivity index (χ2n) is 1.61. The minimum Gasteiger partial charge on any atom is -0.465 e. The lowest BCUT2D eigenvalue weighted by molar-refractivity contribution is -0.132. The zero-order valence-electron chi connectivity index (χ0n) is 4.73. The Bertz CT molecular complexity index is 210. The fourth-order valence-corrected chi connectivity index (χ4v) is 0.524. The number of cyclic esters (lactones) is 2. The Morgan fingerprint density at radius 2 is 2.20 bits per heavy atom. The number of imide groups is 1. The molecule has 0 unspecified atom stereocenters. The zero-order valence-corrected chi connectivity index (χ0v) is 4.73. The lowest BCUT2D eigenvalue weighted by atomic mass is 10.6. The molecule has 0 atom stereocenters. The molecule has 0 saturated carbocycles. The van der Waals surface area contributed by atoms with Crippen LogP contribution in [0.5, 0.6) is 0 Å². The molecule has 0 spiro atoms. The first-order valence-electron chi connectivity index (χ1n) is 2.36. The Kier molecular flexibility index (Phi) is 1.29. The van der Waals surface area contributed by atoms with E-state index in [9.17, 15) is 14.4 Å². The molecule has 0 aromatic carbocycles. The molecule has 0 aliphatic carbocycles. The van der Waals surface area contributed by atoms with Gasteiger partial charge in [0.25, 0.3) is 0 Å². The molecule has 0 bridgehead atoms. The van der Waals surface area contributed by atoms with Crippen LogP contribution in [0.25, 0.3) is 0 Å². The highest BCUT2D eigenvalue weighted by Crippen LogP contribution is 2.03. The van der Waals surface area contributed by atoms with E-state index in [2.05, 4.69) is 4.74 Å². The fourth-order valence-electron chi connectivity index (χ4n) is 0.524. The van der Waals surface area contributed by atoms with Crippen molar-refractivity contribution in [3.8, 4) is 0 Å². The normalized spacial score (nSPS) is 17.4. The quantitative estimate of drug-likeness (QED) is 0.371. The predicted octanol–water partition coefficient (Wildman–Crippen LogP) is -0.357. The Balaban J connectivity index is 2.72. The maximum Gasteiger partial charge on any atom is 0.427 e. The molecule has 10 heavy (non-hydrogen) atoms. The molecule has 1 rings (SSSR count). The molecule has 1 heterocycles. The monoisotopic (exact) mass is 145 g/mol. The summed E-state index contributed by atoms with van der Waals surface area (Å²) in [6.45, 7) is -0.506. The largest absolute Gasteiger partial charge is 0.465 e. The highest BCUT2D eigenvalue weighted by molar-refractivity contribution is 6.01. The van der Waals surface area contributed by atoms with Crippen LogP contribution < -0.4 is 0 Å². The van der Waals surface area contributed by atoms with Crippen LogP contribution in [0.3, 0.4) is 0 Å². The number of amides is 2. The molecule has 6 nitrogen and oxygen atoms in total. The van der Waals surface area contributed by atoms with Crippen LogP contribution in [0.1, 0.15) is 0 Å². The van der Waals surface area contributed by atoms with Crippen molar-refractivity contribution >= 4 is 18.2 Å². The SMILES string of the molecule is O=C1CN(C(=O)O)C(=O)O1. The standard InChI is InChI=1S/C4H3NO5/c6-2-1-5(3(7)8)4(9)10-2/h1H2,(H,7,8). The van der Waals surface area contributed by atoms with Crippen molar-refractivity contribution in [1.82, 2.24) is 4.90 Å². The fraction of sp³-hybridized carbons (Fsp3) is 0.250. The van der Waals surface area contributed by atoms with E-state index < -0.39 is 24.7 Å². The lowest BCUT2D eigenvalue weighted by Gasteiger charge is -2.00. The first-order valence-corrected chi connectivity index (χ1v) is 2.36. The molecular formula is C4H3NO5. The van der Waals surface area contributed by atoms with E-state index in [1.807, 2.05) is 0 Å². The third-order valence-electron chi connectivity index (χ3n) is 0.940. The van der Waals surface area contributed by atoms with Gasteiger partial charge in [0.05, 0.1) is 0 Å². The van der Waals surface area contributed by atoms with E-state index in [4.69, 9.17) is 5.11 Å². The van der Waals surface area contributed by atoms with Crippen molar-refractivity contribution in [2.24, 2.45) is 0 Å². The van der Waals surface area contributed by atoms with Crippen molar-refractivity contribution in [1.29, 1.82) is 0 Å². The molecule has 0 radical (unpaired) electrons. The topological polar surface area (TPSA) is 83.9 Å². The number of hydrogen-bond acceptors (Lipinski definition) is 4. The molecular weight excluding hydrogens is 142 g/mol. The number of carboxylic acid groups (broad SMARTS) is 1. The average Bonchev–Trinajstić information content (AvgIpc) is 2.10. The maximum absolute atomic E-state index is 10.3. The molecule has 1 aliphatic heterocycles. The number of nitrogens with zero attached hydrogens (tertiary/aromatic N) is 1. The van der Waals surface area contributed by atoms with E-state index in [1.54, 1.807) is 0 Å². The molecule has 2 amide bonds. The van der Waals surface area contributed by atoms with Gasteiger partial charge in [0.1, 0.15) is 6.54 Å². The summed E-state index contributed by atoms with van der Waals surface area (Å²) in [4.78, 5) is 30.9. The Labute approximate surface area is 55.0 Å². The van der Waals surface area contributed by atoms with Gasteiger partial charge in [-0.25, -0.2) is 19.3 Å². The summed E-state index contributed by atoms with van der Waals surface area (Å²) in [6, 6.07) is 0. The number of hydrogen-bond donors (Lipinski definition) is 1. The second-order valence-corrected chi connectivity index (χ2v) is 1.61. The van der Waals surface area contributed by atoms with Gasteiger partial charge in [-0.15, -0.1) is 0 Å². The third-order valence-corrected chi connectivity index (χ3v) is 0.940. The summed E-state index contributed by atoms with van der Waals surface area (Å²) in [5.74, 6) is -0.840. The Morgan fingerprint density at radius 3 is 2.40 bits per heavy atom. The van der Waals surface area contributed by atoms with Gasteiger partial charge in [-0.1, -0.05) is 0 Å². The van der Waals surface area contributed by atoms with Crippen molar-refractivity contribution in [3.63, 3.8) is 0 Å². The van der Waals surface area contributed by atoms with E-state index >= 15 is 0 Å². The summed E-state index contributed by atoms with van der Waals surface area (Å²) >= 11 is 0. The van der Waals surface area contributed by atoms with Crippen molar-refractivity contribution < 1.29 is 24.2 Å². The zero-order chi connectivity index (χ0) is 7.72. The van der Waals surface area contributed by atoms with Gasteiger partial charge in [0.2, 0.25) is 0 Å². The molecule has 6 heteroatoms. The molecule has 1 fully saturated rings. The minimum absolute atomic E-state index is 0.294. The third kappa shape index (κ3) is 0.903. The summed E-state index contributed by atoms with van der Waals surface area (Å²) in [6.07, 6.45) is -2.60. The average molecular weight is 145 g/mol. The molecule has 0 aromatic heterocycles. The molecule has 1 saturated heterocycles. The van der Waals surface area contributed by atoms with Crippen LogP contribution in [0.4, 0.5) is 9.59 Å². The first-order chi connectivity index (χ1) is 4.61. The van der Waals surface area contributed by atoms with Crippen LogP contribution in [-0.4, -0.2) is 34.7 Å². The minimum atomic E-state index is -1.48. The van der Waals surface area contributed by atoms with Gasteiger partial charge in [0, 0.05) is 0 Å². The van der Waals surface area contributed by atoms with Crippen LogP contribution >= 0.6 is 0 Å². The number of rotatable bonds is 0. The van der Waals surface area contributed by atoms with Gasteiger partial charge in [-0.2, -0.15) is 0 Å². The highest BCUT2D eigenvalue weighted by atomic mass is 16.6. The summed E-state index contributed by atoms with van der Waals surface area (Å²) < 4.78 is 3.90. The van der Waals surface area contributed by atoms with E-state index in [0.29, 0.717) is 4.90 Å². The van der Waals surface area contributed by atoms with Crippen molar-refractivity contribution in [3.05, 3.63) is 0 Å². The smallest absolute Gasteiger partial charge is 0.427 e. The first kappa shape index (κ1) is 6.53. The predicted molar refractivity (Wildman–Crippen MR) is 26.2 cm³/mol. The number of carbonyl (C=O) groups excluding carboxylic acids is 2. The number of ether oxygens (including phenoxy) is 1. The van der Waals surface area contributed by atoms with Crippen molar-refractivity contribution in [2.45, 2.75) is 0 Å². The van der Waals surface area contributed by atoms with Gasteiger partial charge in [0.15, 0.2) is 0 Å². The maximum atomic E-state index is 10.3. The van der Waals surface area contributed by atoms with Crippen molar-refractivity contribution in [2.75, 3.05) is 6.54 Å². The molecule has 54 valence electrons. The van der Waals surface area contributed by atoms with E-state index in [1.165, 1.54) is 0 Å². The van der Waals surface area contributed by atoms with Crippen LogP contribution in [0.2, 0.25) is 0 Å². The van der Waals surface area contributed by atoms with Gasteiger partial charge in [-0.3, -0.25) is 0 Å². The van der Waals surface area contributed by atoms with Gasteiger partial charge in [-0.05, 0) is 0 Å². The Morgan fingerprint density at radius 1 is 1.60 bits per heavy atom. The molecule has 1 aliphatic rings. The Hall–Kier alpha value is -1.59. The number of carbonyl (C=O) groups is 3. The highest BCUT2D eigenvalue weighted by Gasteiger charge is 2.34. The van der Waals surface area contributed by atoms with Crippen LogP contribution in [0, 0.1) is 0 Å². The van der Waals surface area contributed by atoms with E-state index in [-0.39, 0.29) is 0 Å². The lowest BCUT2D eigenvalue weighted by Crippen LogP contribution is -2.30. The summed E-state index contributed by atoms with van der Waals surface area (Å²) in [7, 11) is 0. The molecule has 0 aromatic rings. The second kappa shape index (κ2) is 1.98.